The molecule has 1 aliphatic heterocycles. The molecule has 1 fully saturated rings. The van der Waals surface area contributed by atoms with Crippen LogP contribution in [0.3, 0.4) is 0 Å². The van der Waals surface area contributed by atoms with Crippen molar-refractivity contribution < 1.29 is 19.1 Å². The number of hydrogen-bond donors (Lipinski definition) is 1. The van der Waals surface area contributed by atoms with Gasteiger partial charge in [-0.1, -0.05) is 23.7 Å². The second-order valence-electron chi connectivity index (χ2n) is 5.93. The highest BCUT2D eigenvalue weighted by atomic mass is 35.5. The van der Waals surface area contributed by atoms with Crippen LogP contribution in [-0.4, -0.2) is 30.8 Å². The normalized spacial score (nSPS) is 13.7. The lowest BCUT2D eigenvalue weighted by Crippen LogP contribution is -2.24. The Balaban J connectivity index is 1.66. The fourth-order valence-corrected chi connectivity index (χ4v) is 2.96. The Morgan fingerprint density at radius 1 is 1.19 bits per heavy atom. The van der Waals surface area contributed by atoms with Gasteiger partial charge in [0.15, 0.2) is 12.4 Å². The highest BCUT2D eigenvalue weighted by Crippen LogP contribution is 2.23. The van der Waals surface area contributed by atoms with Crippen molar-refractivity contribution in [3.63, 3.8) is 0 Å². The summed E-state index contributed by atoms with van der Waals surface area (Å²) < 4.78 is 5.06. The van der Waals surface area contributed by atoms with E-state index in [1.54, 1.807) is 29.2 Å². The van der Waals surface area contributed by atoms with Gasteiger partial charge in [0.1, 0.15) is 0 Å². The number of carbonyl (C=O) groups is 3. The zero-order valence-corrected chi connectivity index (χ0v) is 14.7. The van der Waals surface area contributed by atoms with E-state index in [-0.39, 0.29) is 22.9 Å². The largest absolute Gasteiger partial charge is 0.454 e. The topological polar surface area (TPSA) is 89.7 Å². The number of hydrogen-bond acceptors (Lipinski definition) is 5. The van der Waals surface area contributed by atoms with Crippen LogP contribution in [0.4, 0.5) is 11.4 Å². The van der Waals surface area contributed by atoms with Gasteiger partial charge in [0.05, 0.1) is 5.56 Å². The number of benzene rings is 2. The maximum absolute atomic E-state index is 12.3. The molecule has 1 heterocycles. The van der Waals surface area contributed by atoms with Crippen molar-refractivity contribution >= 4 is 40.6 Å². The molecule has 1 aliphatic rings. The molecule has 3 rings (SSSR count). The van der Waals surface area contributed by atoms with E-state index >= 15 is 0 Å². The average Bonchev–Trinajstić information content (AvgIpc) is 3.05. The molecule has 0 saturated carbocycles. The number of halogens is 1. The number of Topliss-reactive ketones (excluding diaryl/α,β-unsaturated/α-hetero) is 1. The molecule has 2 aromatic rings. The van der Waals surface area contributed by atoms with Crippen LogP contribution in [0, 0.1) is 0 Å². The first kappa shape index (κ1) is 17.9. The predicted molar refractivity (Wildman–Crippen MR) is 98.5 cm³/mol. The summed E-state index contributed by atoms with van der Waals surface area (Å²) in [4.78, 5) is 37.9. The summed E-state index contributed by atoms with van der Waals surface area (Å²) >= 11 is 5.79. The van der Waals surface area contributed by atoms with E-state index in [0.29, 0.717) is 29.2 Å². The molecular weight excluding hydrogens is 356 g/mol. The molecule has 2 N–H and O–H groups in total. The van der Waals surface area contributed by atoms with E-state index in [2.05, 4.69) is 0 Å². The number of rotatable bonds is 5. The summed E-state index contributed by atoms with van der Waals surface area (Å²) in [5.74, 6) is -1.02. The van der Waals surface area contributed by atoms with Gasteiger partial charge >= 0.3 is 5.97 Å². The Labute approximate surface area is 155 Å². The summed E-state index contributed by atoms with van der Waals surface area (Å²) in [6.45, 7) is 0.222. The molecule has 0 unspecified atom stereocenters. The number of anilines is 2. The van der Waals surface area contributed by atoms with Crippen LogP contribution >= 0.6 is 11.6 Å². The van der Waals surface area contributed by atoms with E-state index in [0.717, 1.165) is 6.42 Å². The zero-order valence-electron chi connectivity index (χ0n) is 13.9. The lowest BCUT2D eigenvalue weighted by atomic mass is 10.1. The van der Waals surface area contributed by atoms with Crippen LogP contribution in [0.2, 0.25) is 5.02 Å². The van der Waals surface area contributed by atoms with Crippen LogP contribution in [0.1, 0.15) is 33.6 Å². The van der Waals surface area contributed by atoms with E-state index in [9.17, 15) is 14.4 Å². The van der Waals surface area contributed by atoms with Gasteiger partial charge in [-0.3, -0.25) is 9.59 Å². The molecule has 134 valence electrons. The van der Waals surface area contributed by atoms with Crippen molar-refractivity contribution in [3.8, 4) is 0 Å². The predicted octanol–water partition coefficient (Wildman–Crippen LogP) is 3.09. The summed E-state index contributed by atoms with van der Waals surface area (Å²) in [6.07, 6.45) is 1.31. The average molecular weight is 373 g/mol. The molecule has 0 atom stereocenters. The highest BCUT2D eigenvalue weighted by Gasteiger charge is 2.22. The van der Waals surface area contributed by atoms with E-state index in [1.807, 2.05) is 0 Å². The van der Waals surface area contributed by atoms with Crippen molar-refractivity contribution in [1.29, 1.82) is 0 Å². The van der Waals surface area contributed by atoms with Gasteiger partial charge in [-0.25, -0.2) is 4.79 Å². The van der Waals surface area contributed by atoms with Crippen LogP contribution in [0.25, 0.3) is 0 Å². The van der Waals surface area contributed by atoms with Crippen molar-refractivity contribution in [2.24, 2.45) is 0 Å². The van der Waals surface area contributed by atoms with Crippen LogP contribution in [0.5, 0.6) is 0 Å². The van der Waals surface area contributed by atoms with Crippen molar-refractivity contribution in [1.82, 2.24) is 0 Å². The Morgan fingerprint density at radius 2 is 2.00 bits per heavy atom. The molecule has 7 heteroatoms. The molecule has 0 bridgehead atoms. The van der Waals surface area contributed by atoms with Crippen molar-refractivity contribution in [3.05, 3.63) is 58.6 Å². The minimum Gasteiger partial charge on any atom is -0.454 e. The number of nitrogens with zero attached hydrogens (tertiary/aromatic N) is 1. The lowest BCUT2D eigenvalue weighted by molar-refractivity contribution is -0.117. The van der Waals surface area contributed by atoms with Gasteiger partial charge in [0.25, 0.3) is 0 Å². The Bertz CT molecular complexity index is 882. The van der Waals surface area contributed by atoms with Crippen LogP contribution in [-0.2, 0) is 9.53 Å². The number of nitrogen functional groups attached to an aromatic ring is 1. The quantitative estimate of drug-likeness (QED) is 0.495. The number of esters is 1. The minimum atomic E-state index is -0.696. The van der Waals surface area contributed by atoms with Gasteiger partial charge in [0, 0.05) is 34.9 Å². The Morgan fingerprint density at radius 3 is 2.69 bits per heavy atom. The standard InChI is InChI=1S/C19H17ClN2O4/c20-13-6-7-15(16(21)10-13)19(25)26-11-17(23)12-3-1-4-14(9-12)22-8-2-5-18(22)24/h1,3-4,6-7,9-10H,2,5,8,11,21H2. The number of ketones is 1. The first-order valence-electron chi connectivity index (χ1n) is 8.11. The second-order valence-corrected chi connectivity index (χ2v) is 6.37. The molecule has 2 aromatic carbocycles. The molecule has 26 heavy (non-hydrogen) atoms. The third-order valence-corrected chi connectivity index (χ3v) is 4.36. The smallest absolute Gasteiger partial charge is 0.340 e. The SMILES string of the molecule is Nc1cc(Cl)ccc1C(=O)OCC(=O)c1cccc(N2CCCC2=O)c1. The molecule has 0 aliphatic carbocycles. The molecule has 1 amide bonds. The summed E-state index contributed by atoms with van der Waals surface area (Å²) in [5, 5.41) is 0.406. The lowest BCUT2D eigenvalue weighted by Gasteiger charge is -2.16. The van der Waals surface area contributed by atoms with Gasteiger partial charge in [0.2, 0.25) is 5.91 Å². The maximum atomic E-state index is 12.3. The van der Waals surface area contributed by atoms with E-state index in [1.165, 1.54) is 18.2 Å². The van der Waals surface area contributed by atoms with Gasteiger partial charge < -0.3 is 15.4 Å². The second kappa shape index (κ2) is 7.58. The highest BCUT2D eigenvalue weighted by molar-refractivity contribution is 6.31. The summed E-state index contributed by atoms with van der Waals surface area (Å²) in [5.41, 5.74) is 7.12. The van der Waals surface area contributed by atoms with Crippen molar-refractivity contribution in [2.75, 3.05) is 23.8 Å². The summed E-state index contributed by atoms with van der Waals surface area (Å²) in [7, 11) is 0. The zero-order chi connectivity index (χ0) is 18.7. The summed E-state index contributed by atoms with van der Waals surface area (Å²) in [6, 6.07) is 11.1. The molecule has 0 aromatic heterocycles. The molecule has 0 spiro atoms. The molecular formula is C19H17ClN2O4. The minimum absolute atomic E-state index is 0.0410. The van der Waals surface area contributed by atoms with E-state index < -0.39 is 12.6 Å². The monoisotopic (exact) mass is 372 g/mol. The third kappa shape index (κ3) is 3.86. The van der Waals surface area contributed by atoms with Gasteiger partial charge in [-0.15, -0.1) is 0 Å². The Hall–Kier alpha value is -2.86. The molecule has 0 radical (unpaired) electrons. The fourth-order valence-electron chi connectivity index (χ4n) is 2.78. The fraction of sp³-hybridized carbons (Fsp3) is 0.211. The number of amides is 1. The maximum Gasteiger partial charge on any atom is 0.340 e. The Kier molecular flexibility index (Phi) is 5.23. The van der Waals surface area contributed by atoms with Crippen LogP contribution in [0.15, 0.2) is 42.5 Å². The number of carbonyl (C=O) groups excluding carboxylic acids is 3. The number of ether oxygens (including phenoxy) is 1. The molecule has 1 saturated heterocycles. The molecule has 6 nitrogen and oxygen atoms in total. The third-order valence-electron chi connectivity index (χ3n) is 4.12. The van der Waals surface area contributed by atoms with E-state index in [4.69, 9.17) is 22.1 Å². The van der Waals surface area contributed by atoms with Crippen molar-refractivity contribution in [2.45, 2.75) is 12.8 Å². The van der Waals surface area contributed by atoms with Gasteiger partial charge in [-0.2, -0.15) is 0 Å². The first-order valence-corrected chi connectivity index (χ1v) is 8.49. The number of nitrogens with two attached hydrogens (primary N) is 1. The van der Waals surface area contributed by atoms with Gasteiger partial charge in [-0.05, 0) is 36.8 Å². The first-order chi connectivity index (χ1) is 12.5. The van der Waals surface area contributed by atoms with Crippen LogP contribution < -0.4 is 10.6 Å².